The molecule has 0 fully saturated rings. The van der Waals surface area contributed by atoms with Crippen LogP contribution in [0.25, 0.3) is 10.6 Å². The van der Waals surface area contributed by atoms with Crippen LogP contribution in [-0.2, 0) is 11.2 Å². The van der Waals surface area contributed by atoms with Crippen LogP contribution >= 0.6 is 11.3 Å². The first kappa shape index (κ1) is 28.8. The number of hydrogen-bond acceptors (Lipinski definition) is 5. The zero-order chi connectivity index (χ0) is 27.3. The fourth-order valence-corrected chi connectivity index (χ4v) is 5.42. The predicted octanol–water partition coefficient (Wildman–Crippen LogP) is 5.66. The van der Waals surface area contributed by atoms with Crippen molar-refractivity contribution in [2.45, 2.75) is 58.7 Å². The quantitative estimate of drug-likeness (QED) is 0.352. The van der Waals surface area contributed by atoms with Gasteiger partial charge in [0.1, 0.15) is 29.4 Å². The van der Waals surface area contributed by atoms with E-state index in [1.807, 2.05) is 51.1 Å². The highest BCUT2D eigenvalue weighted by Gasteiger charge is 2.39. The Hall–Kier alpha value is -2.75. The van der Waals surface area contributed by atoms with Crippen LogP contribution in [0.4, 0.5) is 13.2 Å². The second kappa shape index (κ2) is 12.2. The minimum atomic E-state index is -1.30. The average Bonchev–Trinajstić information content (AvgIpc) is 3.24. The van der Waals surface area contributed by atoms with Gasteiger partial charge in [-0.05, 0) is 42.5 Å². The first-order valence-corrected chi connectivity index (χ1v) is 13.0. The SMILES string of the molecule is C[C@H](O)C(=O)N(CC[C@H](N)CF)[C@H](c1nc(-c2cc(F)ccc2F)sc1Cc1ccccc1)C(C)(C)C. The summed E-state index contributed by atoms with van der Waals surface area (Å²) in [5.41, 5.74) is 6.79. The molecule has 0 unspecified atom stereocenters. The van der Waals surface area contributed by atoms with Crippen LogP contribution < -0.4 is 5.73 Å². The van der Waals surface area contributed by atoms with E-state index >= 15 is 0 Å². The monoisotopic (exact) mass is 533 g/mol. The number of carbonyl (C=O) groups is 1. The summed E-state index contributed by atoms with van der Waals surface area (Å²) in [5.74, 6) is -1.73. The zero-order valence-electron chi connectivity index (χ0n) is 21.5. The maximum absolute atomic E-state index is 14.8. The highest BCUT2D eigenvalue weighted by atomic mass is 32.1. The van der Waals surface area contributed by atoms with Crippen LogP contribution in [0.2, 0.25) is 0 Å². The van der Waals surface area contributed by atoms with E-state index in [9.17, 15) is 23.1 Å². The van der Waals surface area contributed by atoms with Gasteiger partial charge in [-0.1, -0.05) is 51.1 Å². The summed E-state index contributed by atoms with van der Waals surface area (Å²) in [5, 5.41) is 10.5. The molecule has 9 heteroatoms. The molecule has 3 aromatic rings. The molecule has 0 aliphatic carbocycles. The summed E-state index contributed by atoms with van der Waals surface area (Å²) in [6.07, 6.45) is -0.661. The largest absolute Gasteiger partial charge is 0.384 e. The molecule has 1 heterocycles. The predicted molar refractivity (Wildman–Crippen MR) is 141 cm³/mol. The van der Waals surface area contributed by atoms with Gasteiger partial charge in [0, 0.05) is 29.4 Å². The van der Waals surface area contributed by atoms with Gasteiger partial charge >= 0.3 is 0 Å². The van der Waals surface area contributed by atoms with Crippen LogP contribution in [0.3, 0.4) is 0 Å². The van der Waals surface area contributed by atoms with Crippen molar-refractivity contribution in [3.63, 3.8) is 0 Å². The van der Waals surface area contributed by atoms with E-state index in [1.54, 1.807) is 0 Å². The standard InChI is InChI=1S/C28H34F3N3O2S/c1-17(35)27(36)34(13-12-20(32)16-29)25(28(2,3)4)24-23(14-18-8-6-5-7-9-18)37-26(33-24)21-15-19(30)10-11-22(21)31/h5-11,15,17,20,25,35H,12-14,16,32H2,1-4H3/t17-,20-,25+/m0/s1. The van der Waals surface area contributed by atoms with Gasteiger partial charge in [0.25, 0.3) is 5.91 Å². The molecule has 1 amide bonds. The average molecular weight is 534 g/mol. The summed E-state index contributed by atoms with van der Waals surface area (Å²) in [4.78, 5) is 20.3. The summed E-state index contributed by atoms with van der Waals surface area (Å²) in [6, 6.07) is 11.4. The third kappa shape index (κ3) is 7.18. The topological polar surface area (TPSA) is 79.5 Å². The molecule has 2 aromatic carbocycles. The number of aliphatic hydroxyl groups is 1. The Morgan fingerprint density at radius 3 is 2.43 bits per heavy atom. The van der Waals surface area contributed by atoms with Crippen LogP contribution in [0.5, 0.6) is 0 Å². The summed E-state index contributed by atoms with van der Waals surface area (Å²) >= 11 is 1.24. The number of aliphatic hydroxyl groups excluding tert-OH is 1. The van der Waals surface area contributed by atoms with E-state index in [1.165, 1.54) is 23.2 Å². The van der Waals surface area contributed by atoms with Gasteiger partial charge in [0.05, 0.1) is 11.7 Å². The molecular weight excluding hydrogens is 499 g/mol. The lowest BCUT2D eigenvalue weighted by atomic mass is 9.82. The number of aromatic nitrogens is 1. The van der Waals surface area contributed by atoms with E-state index in [4.69, 9.17) is 10.7 Å². The lowest BCUT2D eigenvalue weighted by Gasteiger charge is -2.41. The minimum Gasteiger partial charge on any atom is -0.384 e. The van der Waals surface area contributed by atoms with Crippen molar-refractivity contribution in [2.24, 2.45) is 11.1 Å². The number of benzene rings is 2. The van der Waals surface area contributed by atoms with E-state index < -0.39 is 47.8 Å². The van der Waals surface area contributed by atoms with Crippen molar-refractivity contribution in [1.29, 1.82) is 0 Å². The molecule has 0 spiro atoms. The number of thiazole rings is 1. The van der Waals surface area contributed by atoms with Crippen molar-refractivity contribution in [3.8, 4) is 10.6 Å². The molecular formula is C28H34F3N3O2S. The number of carbonyl (C=O) groups excluding carboxylic acids is 1. The van der Waals surface area contributed by atoms with Crippen LogP contribution in [0, 0.1) is 17.0 Å². The smallest absolute Gasteiger partial charge is 0.251 e. The van der Waals surface area contributed by atoms with Gasteiger partial charge in [0.2, 0.25) is 0 Å². The first-order valence-electron chi connectivity index (χ1n) is 12.2. The van der Waals surface area contributed by atoms with Crippen molar-refractivity contribution < 1.29 is 23.1 Å². The molecule has 1 aromatic heterocycles. The maximum atomic E-state index is 14.8. The van der Waals surface area contributed by atoms with E-state index in [0.29, 0.717) is 12.1 Å². The fourth-order valence-electron chi connectivity index (χ4n) is 4.28. The zero-order valence-corrected chi connectivity index (χ0v) is 22.4. The number of nitrogens with two attached hydrogens (primary N) is 1. The summed E-state index contributed by atoms with van der Waals surface area (Å²) < 4.78 is 42.0. The number of alkyl halides is 1. The Kier molecular flexibility index (Phi) is 9.50. The Labute approximate surface area is 220 Å². The maximum Gasteiger partial charge on any atom is 0.251 e. The van der Waals surface area contributed by atoms with Gasteiger partial charge < -0.3 is 15.7 Å². The van der Waals surface area contributed by atoms with Crippen LogP contribution in [0.1, 0.15) is 56.3 Å². The van der Waals surface area contributed by atoms with Crippen molar-refractivity contribution in [1.82, 2.24) is 9.88 Å². The van der Waals surface area contributed by atoms with Gasteiger partial charge in [0.15, 0.2) is 0 Å². The Morgan fingerprint density at radius 1 is 1.16 bits per heavy atom. The van der Waals surface area contributed by atoms with Crippen molar-refractivity contribution >= 4 is 17.2 Å². The van der Waals surface area contributed by atoms with E-state index in [0.717, 1.165) is 28.6 Å². The third-order valence-corrected chi connectivity index (χ3v) is 7.17. The molecule has 0 aliphatic rings. The van der Waals surface area contributed by atoms with E-state index in [2.05, 4.69) is 0 Å². The number of rotatable bonds is 10. The summed E-state index contributed by atoms with van der Waals surface area (Å²) in [7, 11) is 0. The van der Waals surface area contributed by atoms with Crippen molar-refractivity contribution in [3.05, 3.63) is 76.3 Å². The third-order valence-electron chi connectivity index (χ3n) is 6.06. The molecule has 37 heavy (non-hydrogen) atoms. The Bertz CT molecular complexity index is 1200. The molecule has 3 rings (SSSR count). The van der Waals surface area contributed by atoms with Gasteiger partial charge in [-0.3, -0.25) is 4.79 Å². The van der Waals surface area contributed by atoms with Gasteiger partial charge in [-0.25, -0.2) is 18.2 Å². The highest BCUT2D eigenvalue weighted by Crippen LogP contribution is 2.43. The van der Waals surface area contributed by atoms with E-state index in [-0.39, 0.29) is 23.5 Å². The molecule has 5 nitrogen and oxygen atoms in total. The second-order valence-electron chi connectivity index (χ2n) is 10.3. The number of hydrogen-bond donors (Lipinski definition) is 2. The number of halogens is 3. The Morgan fingerprint density at radius 2 is 1.84 bits per heavy atom. The molecule has 0 saturated heterocycles. The first-order chi connectivity index (χ1) is 17.4. The summed E-state index contributed by atoms with van der Waals surface area (Å²) in [6.45, 7) is 6.54. The second-order valence-corrected chi connectivity index (χ2v) is 11.4. The molecule has 0 radical (unpaired) electrons. The molecule has 3 atom stereocenters. The molecule has 0 aliphatic heterocycles. The lowest BCUT2D eigenvalue weighted by Crippen LogP contribution is -2.47. The van der Waals surface area contributed by atoms with Gasteiger partial charge in [-0.15, -0.1) is 11.3 Å². The molecule has 0 saturated carbocycles. The molecule has 3 N–H and O–H groups in total. The highest BCUT2D eigenvalue weighted by molar-refractivity contribution is 7.15. The van der Waals surface area contributed by atoms with Crippen molar-refractivity contribution in [2.75, 3.05) is 13.2 Å². The normalized spacial score (nSPS) is 14.3. The number of nitrogens with zero attached hydrogens (tertiary/aromatic N) is 2. The fraction of sp³-hybridized carbons (Fsp3) is 0.429. The molecule has 200 valence electrons. The Balaban J connectivity index is 2.21. The molecule has 0 bridgehead atoms. The lowest BCUT2D eigenvalue weighted by molar-refractivity contribution is -0.144. The van der Waals surface area contributed by atoms with Crippen LogP contribution in [-0.4, -0.2) is 46.3 Å². The minimum absolute atomic E-state index is 0.0334. The van der Waals surface area contributed by atoms with Crippen LogP contribution in [0.15, 0.2) is 48.5 Å². The number of amides is 1. The van der Waals surface area contributed by atoms with Gasteiger partial charge in [-0.2, -0.15) is 0 Å².